The van der Waals surface area contributed by atoms with Gasteiger partial charge in [-0.05, 0) is 18.2 Å². The zero-order chi connectivity index (χ0) is 14.3. The Kier molecular flexibility index (Phi) is 3.12. The molecule has 1 heterocycles. The Labute approximate surface area is 125 Å². The number of rotatable bonds is 1. The van der Waals surface area contributed by atoms with Crippen molar-refractivity contribution in [2.45, 2.75) is 0 Å². The van der Waals surface area contributed by atoms with E-state index in [-0.39, 0.29) is 5.95 Å². The molecule has 4 N–H and O–H groups in total. The van der Waals surface area contributed by atoms with Crippen LogP contribution in [-0.4, -0.2) is 9.97 Å². The molecule has 0 aliphatic rings. The summed E-state index contributed by atoms with van der Waals surface area (Å²) in [6, 6.07) is 11.0. The van der Waals surface area contributed by atoms with Gasteiger partial charge in [0.1, 0.15) is 0 Å². The van der Waals surface area contributed by atoms with Crippen molar-refractivity contribution in [1.82, 2.24) is 9.97 Å². The first-order chi connectivity index (χ1) is 9.58. The van der Waals surface area contributed by atoms with Crippen LogP contribution in [0.4, 0.5) is 11.6 Å². The molecule has 0 saturated heterocycles. The molecular weight excluding hydrogens is 295 g/mol. The van der Waals surface area contributed by atoms with Gasteiger partial charge in [0, 0.05) is 10.9 Å². The summed E-state index contributed by atoms with van der Waals surface area (Å²) in [5.74, 6) is 0.184. The smallest absolute Gasteiger partial charge is 0.221 e. The van der Waals surface area contributed by atoms with Crippen molar-refractivity contribution < 1.29 is 0 Å². The molecule has 0 atom stereocenters. The molecule has 0 saturated carbocycles. The molecule has 0 fully saturated rings. The van der Waals surface area contributed by atoms with E-state index in [0.29, 0.717) is 27.0 Å². The number of nitrogens with zero attached hydrogens (tertiary/aromatic N) is 2. The summed E-state index contributed by atoms with van der Waals surface area (Å²) < 4.78 is 0. The van der Waals surface area contributed by atoms with Gasteiger partial charge in [-0.25, -0.2) is 9.97 Å². The van der Waals surface area contributed by atoms with Crippen molar-refractivity contribution in [2.24, 2.45) is 0 Å². The van der Waals surface area contributed by atoms with E-state index in [1.165, 1.54) is 0 Å². The van der Waals surface area contributed by atoms with Crippen molar-refractivity contribution >= 4 is 45.7 Å². The highest BCUT2D eigenvalue weighted by molar-refractivity contribution is 6.40. The molecule has 100 valence electrons. The van der Waals surface area contributed by atoms with Gasteiger partial charge in [-0.1, -0.05) is 41.4 Å². The Balaban J connectivity index is 2.38. The van der Waals surface area contributed by atoms with Crippen LogP contribution < -0.4 is 11.5 Å². The highest BCUT2D eigenvalue weighted by Gasteiger charge is 2.14. The van der Waals surface area contributed by atoms with Crippen LogP contribution in [0.5, 0.6) is 0 Å². The monoisotopic (exact) mass is 304 g/mol. The summed E-state index contributed by atoms with van der Waals surface area (Å²) in [6.45, 7) is 0. The van der Waals surface area contributed by atoms with E-state index in [0.717, 1.165) is 10.9 Å². The second-order valence-electron chi connectivity index (χ2n) is 4.27. The molecule has 0 unspecified atom stereocenters. The van der Waals surface area contributed by atoms with Crippen molar-refractivity contribution in [3.8, 4) is 11.3 Å². The number of benzene rings is 2. The predicted molar refractivity (Wildman–Crippen MR) is 83.8 cm³/mol. The van der Waals surface area contributed by atoms with E-state index in [4.69, 9.17) is 34.7 Å². The van der Waals surface area contributed by atoms with E-state index < -0.39 is 0 Å². The fourth-order valence-electron chi connectivity index (χ4n) is 2.05. The van der Waals surface area contributed by atoms with E-state index in [1.807, 2.05) is 24.3 Å². The average Bonchev–Trinajstić information content (AvgIpc) is 2.44. The van der Waals surface area contributed by atoms with Crippen LogP contribution in [0, 0.1) is 0 Å². The molecule has 20 heavy (non-hydrogen) atoms. The zero-order valence-electron chi connectivity index (χ0n) is 10.3. The van der Waals surface area contributed by atoms with Gasteiger partial charge in [0.05, 0.1) is 26.9 Å². The lowest BCUT2D eigenvalue weighted by Crippen LogP contribution is -1.99. The lowest BCUT2D eigenvalue weighted by molar-refractivity contribution is 1.24. The molecule has 6 heteroatoms. The Hall–Kier alpha value is -2.04. The second-order valence-corrected chi connectivity index (χ2v) is 5.06. The number of fused-ring (bicyclic) bond motifs is 1. The minimum absolute atomic E-state index is 0.184. The topological polar surface area (TPSA) is 77.8 Å². The van der Waals surface area contributed by atoms with Gasteiger partial charge < -0.3 is 11.5 Å². The highest BCUT2D eigenvalue weighted by atomic mass is 35.5. The lowest BCUT2D eigenvalue weighted by Gasteiger charge is -2.10. The van der Waals surface area contributed by atoms with Crippen molar-refractivity contribution in [3.63, 3.8) is 0 Å². The average molecular weight is 305 g/mol. The number of nitrogens with two attached hydrogens (primary N) is 2. The standard InChI is InChI=1S/C14H10Cl2N4/c15-9-6-5-8(11(16)12(9)17)13-7-3-1-2-4-10(7)19-14(18)20-13/h1-6H,17H2,(H2,18,19,20). The van der Waals surface area contributed by atoms with E-state index in [2.05, 4.69) is 9.97 Å². The molecule has 4 nitrogen and oxygen atoms in total. The summed E-state index contributed by atoms with van der Waals surface area (Å²) in [7, 11) is 0. The van der Waals surface area contributed by atoms with E-state index >= 15 is 0 Å². The zero-order valence-corrected chi connectivity index (χ0v) is 11.8. The van der Waals surface area contributed by atoms with E-state index in [1.54, 1.807) is 12.1 Å². The normalized spacial score (nSPS) is 10.9. The van der Waals surface area contributed by atoms with E-state index in [9.17, 15) is 0 Å². The molecule has 3 aromatic rings. The van der Waals surface area contributed by atoms with Crippen LogP contribution in [0.1, 0.15) is 0 Å². The Morgan fingerprint density at radius 1 is 0.900 bits per heavy atom. The molecule has 0 spiro atoms. The SMILES string of the molecule is Nc1nc(-c2ccc(Cl)c(N)c2Cl)c2ccccc2n1. The Bertz CT molecular complexity index is 818. The molecule has 0 aliphatic carbocycles. The number of aromatic nitrogens is 2. The Morgan fingerprint density at radius 3 is 2.45 bits per heavy atom. The summed E-state index contributed by atoms with van der Waals surface area (Å²) in [5, 5.41) is 1.62. The first kappa shape index (κ1) is 13.0. The number of nitrogen functional groups attached to an aromatic ring is 2. The summed E-state index contributed by atoms with van der Waals surface area (Å²) in [6.07, 6.45) is 0. The van der Waals surface area contributed by atoms with Gasteiger partial charge in [-0.2, -0.15) is 0 Å². The number of hydrogen-bond donors (Lipinski definition) is 2. The van der Waals surface area contributed by atoms with Crippen LogP contribution in [0.15, 0.2) is 36.4 Å². The molecule has 0 amide bonds. The minimum atomic E-state index is 0.184. The third-order valence-corrected chi connectivity index (χ3v) is 3.74. The van der Waals surface area contributed by atoms with Gasteiger partial charge in [0.15, 0.2) is 0 Å². The van der Waals surface area contributed by atoms with Gasteiger partial charge >= 0.3 is 0 Å². The molecular formula is C14H10Cl2N4. The molecule has 0 radical (unpaired) electrons. The lowest BCUT2D eigenvalue weighted by atomic mass is 10.1. The van der Waals surface area contributed by atoms with Crippen LogP contribution in [0.25, 0.3) is 22.2 Å². The molecule has 2 aromatic carbocycles. The minimum Gasteiger partial charge on any atom is -0.396 e. The molecule has 0 aliphatic heterocycles. The number of para-hydroxylation sites is 1. The predicted octanol–water partition coefficient (Wildman–Crippen LogP) is 3.77. The number of halogens is 2. The van der Waals surface area contributed by atoms with Crippen LogP contribution in [0.3, 0.4) is 0 Å². The van der Waals surface area contributed by atoms with Crippen LogP contribution in [0.2, 0.25) is 10.0 Å². The Morgan fingerprint density at radius 2 is 1.65 bits per heavy atom. The van der Waals surface area contributed by atoms with Gasteiger partial charge in [0.2, 0.25) is 5.95 Å². The maximum atomic E-state index is 6.28. The number of anilines is 2. The third kappa shape index (κ3) is 2.03. The van der Waals surface area contributed by atoms with Crippen LogP contribution in [-0.2, 0) is 0 Å². The maximum Gasteiger partial charge on any atom is 0.221 e. The fourth-order valence-corrected chi connectivity index (χ4v) is 2.51. The summed E-state index contributed by atoms with van der Waals surface area (Å²) in [4.78, 5) is 8.48. The van der Waals surface area contributed by atoms with Crippen LogP contribution >= 0.6 is 23.2 Å². The van der Waals surface area contributed by atoms with Crippen molar-refractivity contribution in [1.29, 1.82) is 0 Å². The second kappa shape index (κ2) is 4.81. The van der Waals surface area contributed by atoms with Crippen molar-refractivity contribution in [3.05, 3.63) is 46.4 Å². The number of hydrogen-bond acceptors (Lipinski definition) is 4. The largest absolute Gasteiger partial charge is 0.396 e. The summed E-state index contributed by atoms with van der Waals surface area (Å²) in [5.41, 5.74) is 14.0. The molecule has 0 bridgehead atoms. The summed E-state index contributed by atoms with van der Waals surface area (Å²) >= 11 is 12.2. The first-order valence-corrected chi connectivity index (χ1v) is 6.59. The van der Waals surface area contributed by atoms with Gasteiger partial charge in [-0.3, -0.25) is 0 Å². The van der Waals surface area contributed by atoms with Gasteiger partial charge in [0.25, 0.3) is 0 Å². The highest BCUT2D eigenvalue weighted by Crippen LogP contribution is 2.38. The van der Waals surface area contributed by atoms with Gasteiger partial charge in [-0.15, -0.1) is 0 Å². The van der Waals surface area contributed by atoms with Crippen molar-refractivity contribution in [2.75, 3.05) is 11.5 Å². The first-order valence-electron chi connectivity index (χ1n) is 5.84. The quantitative estimate of drug-likeness (QED) is 0.671. The molecule has 1 aromatic heterocycles. The fraction of sp³-hybridized carbons (Fsp3) is 0. The third-order valence-electron chi connectivity index (χ3n) is 3.00. The molecule has 3 rings (SSSR count). The maximum absolute atomic E-state index is 6.28.